The van der Waals surface area contributed by atoms with Crippen molar-refractivity contribution in [1.29, 1.82) is 0 Å². The van der Waals surface area contributed by atoms with Gasteiger partial charge in [0.2, 0.25) is 0 Å². The molecule has 0 rings (SSSR count). The minimum absolute atomic E-state index is 0. The first kappa shape index (κ1) is 159. The van der Waals surface area contributed by atoms with Gasteiger partial charge in [-0.2, -0.15) is 0 Å². The Morgan fingerprint density at radius 2 is 0.333 bits per heavy atom. The summed E-state index contributed by atoms with van der Waals surface area (Å²) in [6.45, 7) is 0. The van der Waals surface area contributed by atoms with Gasteiger partial charge in [-0.25, -0.2) is 0 Å². The fraction of sp³-hybridized carbons (Fsp3) is 0. The van der Waals surface area contributed by atoms with Crippen molar-refractivity contribution in [2.45, 2.75) is 0 Å². The SMILES string of the molecule is O.O.O.O.O.[Ba+2]. The van der Waals surface area contributed by atoms with Crippen molar-refractivity contribution in [2.75, 3.05) is 0 Å². The minimum Gasteiger partial charge on any atom is -0.412 e. The van der Waals surface area contributed by atoms with E-state index in [0.29, 0.717) is 0 Å². The van der Waals surface area contributed by atoms with Crippen molar-refractivity contribution in [3.63, 3.8) is 0 Å². The van der Waals surface area contributed by atoms with E-state index in [1.165, 1.54) is 0 Å². The van der Waals surface area contributed by atoms with Crippen LogP contribution in [0.1, 0.15) is 0 Å². The Labute approximate surface area is 75.3 Å². The Balaban J connectivity index is 0. The summed E-state index contributed by atoms with van der Waals surface area (Å²) in [5, 5.41) is 0. The third-order valence-corrected chi connectivity index (χ3v) is 0. The van der Waals surface area contributed by atoms with Crippen LogP contribution >= 0.6 is 0 Å². The Morgan fingerprint density at radius 3 is 0.333 bits per heavy atom. The summed E-state index contributed by atoms with van der Waals surface area (Å²) in [5.41, 5.74) is 0. The second-order valence-electron chi connectivity index (χ2n) is 0. The second kappa shape index (κ2) is 97.7. The Kier molecular flexibility index (Phi) is 2590. The molecule has 0 spiro atoms. The number of hydrogen-bond donors (Lipinski definition) is 0. The van der Waals surface area contributed by atoms with Gasteiger partial charge in [-0.15, -0.1) is 0 Å². The van der Waals surface area contributed by atoms with E-state index >= 15 is 0 Å². The van der Waals surface area contributed by atoms with Gasteiger partial charge in [-0.3, -0.25) is 0 Å². The molecule has 0 saturated heterocycles. The summed E-state index contributed by atoms with van der Waals surface area (Å²) < 4.78 is 0. The largest absolute Gasteiger partial charge is 2.00 e. The summed E-state index contributed by atoms with van der Waals surface area (Å²) in [6.07, 6.45) is 0. The van der Waals surface area contributed by atoms with Crippen LogP contribution in [0.15, 0.2) is 0 Å². The first-order chi connectivity index (χ1) is 0. The molecule has 6 heteroatoms. The molecule has 0 aliphatic heterocycles. The normalized spacial score (nSPS) is 0. The van der Waals surface area contributed by atoms with Crippen LogP contribution < -0.4 is 0 Å². The van der Waals surface area contributed by atoms with Crippen molar-refractivity contribution in [3.8, 4) is 0 Å². The molecule has 0 aromatic heterocycles. The molecule has 0 aliphatic rings. The predicted molar refractivity (Wildman–Crippen MR) is 23.8 cm³/mol. The summed E-state index contributed by atoms with van der Waals surface area (Å²) in [7, 11) is 0. The van der Waals surface area contributed by atoms with E-state index in [-0.39, 0.29) is 76.3 Å². The van der Waals surface area contributed by atoms with Gasteiger partial charge in [-0.1, -0.05) is 0 Å². The summed E-state index contributed by atoms with van der Waals surface area (Å²) >= 11 is 0. The van der Waals surface area contributed by atoms with E-state index in [0.717, 1.165) is 0 Å². The van der Waals surface area contributed by atoms with Gasteiger partial charge >= 0.3 is 48.9 Å². The Hall–Kier alpha value is 1.37. The minimum atomic E-state index is 0. The summed E-state index contributed by atoms with van der Waals surface area (Å²) in [4.78, 5) is 0. The van der Waals surface area contributed by atoms with Gasteiger partial charge in [0.1, 0.15) is 0 Å². The van der Waals surface area contributed by atoms with Gasteiger partial charge in [0, 0.05) is 0 Å². The van der Waals surface area contributed by atoms with Gasteiger partial charge in [0.15, 0.2) is 0 Å². The van der Waals surface area contributed by atoms with Crippen LogP contribution in [0, 0.1) is 0 Å². The van der Waals surface area contributed by atoms with E-state index < -0.39 is 0 Å². The third-order valence-electron chi connectivity index (χ3n) is 0. The molecule has 10 N–H and O–H groups in total. The van der Waals surface area contributed by atoms with Crippen molar-refractivity contribution in [2.24, 2.45) is 0 Å². The average molecular weight is 227 g/mol. The average Bonchev–Trinajstić information content (AvgIpc) is 0. The molecule has 0 bridgehead atoms. The standard InChI is InChI=1S/Ba.5H2O/h;5*1H2/q+2;;;;;. The van der Waals surface area contributed by atoms with Crippen LogP contribution in [-0.2, 0) is 0 Å². The van der Waals surface area contributed by atoms with Gasteiger partial charge in [0.25, 0.3) is 0 Å². The monoisotopic (exact) mass is 228 g/mol. The van der Waals surface area contributed by atoms with E-state index in [4.69, 9.17) is 0 Å². The second-order valence-corrected chi connectivity index (χ2v) is 0. The molecule has 0 amide bonds. The zero-order valence-corrected chi connectivity index (χ0v) is 7.65. The fourth-order valence-corrected chi connectivity index (χ4v) is 0. The van der Waals surface area contributed by atoms with E-state index in [1.54, 1.807) is 0 Å². The molecule has 5 nitrogen and oxygen atoms in total. The van der Waals surface area contributed by atoms with E-state index in [9.17, 15) is 0 Å². The molecule has 0 radical (unpaired) electrons. The molecular weight excluding hydrogens is 217 g/mol. The van der Waals surface area contributed by atoms with E-state index in [1.807, 2.05) is 0 Å². The van der Waals surface area contributed by atoms with Gasteiger partial charge < -0.3 is 27.4 Å². The van der Waals surface area contributed by atoms with Crippen LogP contribution in [0.5, 0.6) is 0 Å². The maximum absolute atomic E-state index is 0. The molecule has 0 heterocycles. The predicted octanol–water partition coefficient (Wildman–Crippen LogP) is -4.50. The molecule has 0 aromatic rings. The smallest absolute Gasteiger partial charge is 0.412 e. The molecule has 0 unspecified atom stereocenters. The number of hydrogen-bond acceptors (Lipinski definition) is 0. The summed E-state index contributed by atoms with van der Waals surface area (Å²) in [6, 6.07) is 0. The van der Waals surface area contributed by atoms with Crippen molar-refractivity contribution in [1.82, 2.24) is 0 Å². The fourth-order valence-electron chi connectivity index (χ4n) is 0. The van der Waals surface area contributed by atoms with Crippen LogP contribution in [-0.4, -0.2) is 76.3 Å². The Morgan fingerprint density at radius 1 is 0.333 bits per heavy atom. The molecule has 0 aromatic carbocycles. The summed E-state index contributed by atoms with van der Waals surface area (Å²) in [5.74, 6) is 0. The van der Waals surface area contributed by atoms with E-state index in [2.05, 4.69) is 0 Å². The maximum Gasteiger partial charge on any atom is 2.00 e. The van der Waals surface area contributed by atoms with Crippen molar-refractivity contribution >= 4 is 48.9 Å². The topological polar surface area (TPSA) is 158 Å². The molecular formula is H10BaO5+2. The van der Waals surface area contributed by atoms with Crippen molar-refractivity contribution < 1.29 is 27.4 Å². The Bertz CT molecular complexity index is 3.90. The molecule has 0 atom stereocenters. The molecule has 6 heavy (non-hydrogen) atoms. The van der Waals surface area contributed by atoms with Gasteiger partial charge in [-0.05, 0) is 0 Å². The van der Waals surface area contributed by atoms with Crippen LogP contribution in [0.3, 0.4) is 0 Å². The quantitative estimate of drug-likeness (QED) is 0.365. The molecule has 40 valence electrons. The van der Waals surface area contributed by atoms with Crippen molar-refractivity contribution in [3.05, 3.63) is 0 Å². The molecule has 0 fully saturated rings. The number of rotatable bonds is 0. The zero-order chi connectivity index (χ0) is 0. The zero-order valence-electron chi connectivity index (χ0n) is 3.21. The third kappa shape index (κ3) is 54.6. The van der Waals surface area contributed by atoms with Crippen LogP contribution in [0.4, 0.5) is 0 Å². The van der Waals surface area contributed by atoms with Crippen LogP contribution in [0.25, 0.3) is 0 Å². The van der Waals surface area contributed by atoms with Gasteiger partial charge in [0.05, 0.1) is 0 Å². The molecule has 0 saturated carbocycles. The maximum atomic E-state index is 0. The first-order valence-corrected chi connectivity index (χ1v) is 0. The molecule has 0 aliphatic carbocycles. The van der Waals surface area contributed by atoms with Crippen LogP contribution in [0.2, 0.25) is 0 Å². The first-order valence-electron chi connectivity index (χ1n) is 0.